The van der Waals surface area contributed by atoms with E-state index < -0.39 is 0 Å². The van der Waals surface area contributed by atoms with E-state index in [1.54, 1.807) is 0 Å². The van der Waals surface area contributed by atoms with Gasteiger partial charge in [0.1, 0.15) is 0 Å². The Kier molecular flexibility index (Phi) is 3.34. The molecule has 0 fully saturated rings. The Labute approximate surface area is 74.2 Å². The zero-order valence-electron chi connectivity index (χ0n) is 5.89. The van der Waals surface area contributed by atoms with E-state index in [1.807, 2.05) is 20.8 Å². The molecule has 0 aliphatic rings. The number of rotatable bonds is 0. The fourth-order valence-corrected chi connectivity index (χ4v) is 0.562. The molecule has 0 amide bonds. The van der Waals surface area contributed by atoms with E-state index >= 15 is 0 Å². The van der Waals surface area contributed by atoms with Crippen LogP contribution in [0.25, 0.3) is 0 Å². The van der Waals surface area contributed by atoms with Crippen molar-refractivity contribution in [3.05, 3.63) is 17.0 Å². The zero-order valence-corrected chi connectivity index (χ0v) is 8.35. The maximum absolute atomic E-state index is 3.87. The van der Waals surface area contributed by atoms with Gasteiger partial charge < -0.3 is 10.2 Å². The Morgan fingerprint density at radius 2 is 1.78 bits per heavy atom. The molecule has 0 unspecified atom stereocenters. The molecule has 0 saturated carbocycles. The first kappa shape index (κ1) is 9.09. The Morgan fingerprint density at radius 1 is 1.22 bits per heavy atom. The third kappa shape index (κ3) is 1.75. The molecule has 0 saturated heterocycles. The SMILES string of the molecule is Cc1n[n-]c(C)c1C.[Zr]. The average Bonchev–Trinajstić information content (AvgIpc) is 1.98. The monoisotopic (exact) mass is 199 g/mol. The predicted octanol–water partition coefficient (Wildman–Crippen LogP) is 0.962. The molecule has 0 bridgehead atoms. The summed E-state index contributed by atoms with van der Waals surface area (Å²) in [5, 5.41) is 7.73. The quantitative estimate of drug-likeness (QED) is 0.624. The molecule has 0 atom stereocenters. The van der Waals surface area contributed by atoms with Crippen LogP contribution in [0.2, 0.25) is 0 Å². The van der Waals surface area contributed by atoms with E-state index in [-0.39, 0.29) is 26.2 Å². The van der Waals surface area contributed by atoms with Crippen molar-refractivity contribution in [2.24, 2.45) is 0 Å². The number of hydrogen-bond acceptors (Lipinski definition) is 1. The van der Waals surface area contributed by atoms with Gasteiger partial charge in [0.05, 0.1) is 0 Å². The second-order valence-electron chi connectivity index (χ2n) is 2.00. The van der Waals surface area contributed by atoms with Crippen molar-refractivity contribution in [3.8, 4) is 0 Å². The molecule has 1 rings (SSSR count). The summed E-state index contributed by atoms with van der Waals surface area (Å²) in [4.78, 5) is 0. The molecular weight excluding hydrogens is 191 g/mol. The van der Waals surface area contributed by atoms with E-state index in [0.29, 0.717) is 0 Å². The van der Waals surface area contributed by atoms with E-state index in [1.165, 1.54) is 5.56 Å². The molecule has 9 heavy (non-hydrogen) atoms. The molecule has 1 aromatic rings. The van der Waals surface area contributed by atoms with E-state index in [2.05, 4.69) is 10.2 Å². The summed E-state index contributed by atoms with van der Waals surface area (Å²) >= 11 is 0. The Balaban J connectivity index is 0.000000640. The molecule has 2 nitrogen and oxygen atoms in total. The average molecular weight is 200 g/mol. The van der Waals surface area contributed by atoms with Crippen molar-refractivity contribution in [1.29, 1.82) is 0 Å². The minimum atomic E-state index is 0. The fraction of sp³-hybridized carbons (Fsp3) is 0.500. The zero-order chi connectivity index (χ0) is 6.15. The van der Waals surface area contributed by atoms with Crippen molar-refractivity contribution < 1.29 is 26.2 Å². The summed E-state index contributed by atoms with van der Waals surface area (Å²) in [7, 11) is 0. The van der Waals surface area contributed by atoms with Crippen LogP contribution in [-0.2, 0) is 26.2 Å². The predicted molar refractivity (Wildman–Crippen MR) is 31.8 cm³/mol. The van der Waals surface area contributed by atoms with Gasteiger partial charge in [0.2, 0.25) is 0 Å². The molecular formula is C6H9N2Zr-. The van der Waals surface area contributed by atoms with Gasteiger partial charge >= 0.3 is 0 Å². The normalized spacial score (nSPS) is 8.78. The van der Waals surface area contributed by atoms with Crippen LogP contribution in [0.5, 0.6) is 0 Å². The smallest absolute Gasteiger partial charge is 0.0161 e. The van der Waals surface area contributed by atoms with Crippen LogP contribution in [0.3, 0.4) is 0 Å². The summed E-state index contributed by atoms with van der Waals surface area (Å²) in [6.45, 7) is 5.97. The van der Waals surface area contributed by atoms with Gasteiger partial charge in [-0.2, -0.15) is 0 Å². The van der Waals surface area contributed by atoms with Gasteiger partial charge in [-0.25, -0.2) is 0 Å². The summed E-state index contributed by atoms with van der Waals surface area (Å²) in [6.07, 6.45) is 0. The fourth-order valence-electron chi connectivity index (χ4n) is 0.562. The number of aromatic nitrogens is 2. The molecule has 1 aromatic heterocycles. The van der Waals surface area contributed by atoms with Crippen LogP contribution in [0.1, 0.15) is 17.0 Å². The summed E-state index contributed by atoms with van der Waals surface area (Å²) < 4.78 is 0. The van der Waals surface area contributed by atoms with Gasteiger partial charge in [0.25, 0.3) is 0 Å². The van der Waals surface area contributed by atoms with Gasteiger partial charge in [-0.15, -0.1) is 5.69 Å². The van der Waals surface area contributed by atoms with Crippen molar-refractivity contribution in [2.45, 2.75) is 20.8 Å². The van der Waals surface area contributed by atoms with Crippen LogP contribution in [0, 0.1) is 20.8 Å². The molecule has 1 heterocycles. The minimum Gasteiger partial charge on any atom is -0.579 e. The molecule has 0 aliphatic heterocycles. The maximum Gasteiger partial charge on any atom is 0.0161 e. The Hall–Kier alpha value is 0.0931. The van der Waals surface area contributed by atoms with Crippen LogP contribution in [0.4, 0.5) is 0 Å². The second kappa shape index (κ2) is 3.31. The standard InChI is InChI=1S/C6H9N2.Zr/c1-4-5(2)7-8-6(4)3;/h1-3H3;/q-1;. The number of nitrogens with zero attached hydrogens (tertiary/aromatic N) is 2. The molecule has 0 spiro atoms. The van der Waals surface area contributed by atoms with Gasteiger partial charge in [-0.1, -0.05) is 6.92 Å². The summed E-state index contributed by atoms with van der Waals surface area (Å²) in [5.41, 5.74) is 3.30. The third-order valence-electron chi connectivity index (χ3n) is 1.44. The van der Waals surface area contributed by atoms with Crippen molar-refractivity contribution in [2.75, 3.05) is 0 Å². The Bertz CT molecular complexity index is 173. The van der Waals surface area contributed by atoms with Crippen LogP contribution >= 0.6 is 0 Å². The van der Waals surface area contributed by atoms with E-state index in [0.717, 1.165) is 11.4 Å². The van der Waals surface area contributed by atoms with Gasteiger partial charge in [-0.3, -0.25) is 0 Å². The second-order valence-corrected chi connectivity index (χ2v) is 2.00. The topological polar surface area (TPSA) is 27.0 Å². The first-order chi connectivity index (χ1) is 3.72. The summed E-state index contributed by atoms with van der Waals surface area (Å²) in [6, 6.07) is 0. The van der Waals surface area contributed by atoms with Gasteiger partial charge in [0.15, 0.2) is 0 Å². The van der Waals surface area contributed by atoms with E-state index in [4.69, 9.17) is 0 Å². The Morgan fingerprint density at radius 3 is 1.89 bits per heavy atom. The minimum absolute atomic E-state index is 0. The molecule has 0 aliphatic carbocycles. The van der Waals surface area contributed by atoms with Crippen molar-refractivity contribution >= 4 is 0 Å². The van der Waals surface area contributed by atoms with E-state index in [9.17, 15) is 0 Å². The first-order valence-electron chi connectivity index (χ1n) is 2.65. The van der Waals surface area contributed by atoms with Crippen LogP contribution in [-0.4, -0.2) is 5.10 Å². The van der Waals surface area contributed by atoms with Gasteiger partial charge in [0, 0.05) is 31.9 Å². The molecule has 0 N–H and O–H groups in total. The van der Waals surface area contributed by atoms with Crippen molar-refractivity contribution in [1.82, 2.24) is 10.2 Å². The molecule has 0 radical (unpaired) electrons. The summed E-state index contributed by atoms with van der Waals surface area (Å²) in [5.74, 6) is 0. The maximum atomic E-state index is 3.87. The van der Waals surface area contributed by atoms with Gasteiger partial charge in [-0.05, 0) is 19.4 Å². The van der Waals surface area contributed by atoms with Crippen LogP contribution in [0.15, 0.2) is 0 Å². The number of aryl methyl sites for hydroxylation is 2. The van der Waals surface area contributed by atoms with Crippen LogP contribution < -0.4 is 5.10 Å². The first-order valence-corrected chi connectivity index (χ1v) is 2.65. The largest absolute Gasteiger partial charge is 0.579 e. The molecule has 48 valence electrons. The van der Waals surface area contributed by atoms with Crippen molar-refractivity contribution in [3.63, 3.8) is 0 Å². The number of hydrogen-bond donors (Lipinski definition) is 0. The molecule has 3 heteroatoms. The molecule has 0 aromatic carbocycles. The third-order valence-corrected chi connectivity index (χ3v) is 1.44.